The van der Waals surface area contributed by atoms with Gasteiger partial charge in [0.25, 0.3) is 0 Å². The average molecular weight is 269 g/mol. The van der Waals surface area contributed by atoms with E-state index < -0.39 is 0 Å². The van der Waals surface area contributed by atoms with Crippen molar-refractivity contribution < 1.29 is 5.11 Å². The Balaban J connectivity index is 1.87. The van der Waals surface area contributed by atoms with Gasteiger partial charge in [0, 0.05) is 11.8 Å². The number of phenols is 1. The quantitative estimate of drug-likeness (QED) is 0.898. The number of hydrogen-bond acceptors (Lipinski definition) is 4. The number of aromatic hydroxyl groups is 1. The number of rotatable bonds is 3. The Labute approximate surface area is 118 Å². The zero-order chi connectivity index (χ0) is 14.1. The van der Waals surface area contributed by atoms with Gasteiger partial charge >= 0.3 is 0 Å². The van der Waals surface area contributed by atoms with Gasteiger partial charge < -0.3 is 10.4 Å². The molecule has 0 spiro atoms. The van der Waals surface area contributed by atoms with E-state index in [4.69, 9.17) is 0 Å². The van der Waals surface area contributed by atoms with E-state index in [0.29, 0.717) is 5.75 Å². The Morgan fingerprint density at radius 3 is 3.00 bits per heavy atom. The number of nitrogens with zero attached hydrogens (tertiary/aromatic N) is 2. The molecule has 0 radical (unpaired) electrons. The fraction of sp³-hybridized carbons (Fsp3) is 0.375. The van der Waals surface area contributed by atoms with Gasteiger partial charge in [0.05, 0.1) is 6.04 Å². The Hall–Kier alpha value is -2.10. The molecule has 0 saturated carbocycles. The summed E-state index contributed by atoms with van der Waals surface area (Å²) in [6.07, 6.45) is 2.79. The maximum absolute atomic E-state index is 9.89. The molecule has 20 heavy (non-hydrogen) atoms. The number of benzene rings is 1. The lowest BCUT2D eigenvalue weighted by Crippen LogP contribution is -2.10. The minimum atomic E-state index is 0.219. The lowest BCUT2D eigenvalue weighted by molar-refractivity contribution is 0.469. The van der Waals surface area contributed by atoms with Gasteiger partial charge in [-0.3, -0.25) is 0 Å². The van der Waals surface area contributed by atoms with E-state index in [2.05, 4.69) is 28.3 Å². The molecule has 104 valence electrons. The number of phenolic OH excluding ortho intramolecular Hbond substituents is 1. The molecular formula is C16H19N3O. The van der Waals surface area contributed by atoms with Crippen molar-refractivity contribution in [2.24, 2.45) is 0 Å². The third-order valence-corrected chi connectivity index (χ3v) is 3.82. The topological polar surface area (TPSA) is 58.0 Å². The minimum Gasteiger partial charge on any atom is -0.508 e. The molecule has 0 bridgehead atoms. The monoisotopic (exact) mass is 269 g/mol. The van der Waals surface area contributed by atoms with Gasteiger partial charge in [0.2, 0.25) is 0 Å². The highest BCUT2D eigenvalue weighted by Gasteiger charge is 2.24. The van der Waals surface area contributed by atoms with E-state index in [1.807, 2.05) is 19.1 Å². The van der Waals surface area contributed by atoms with Gasteiger partial charge in [-0.15, -0.1) is 0 Å². The first kappa shape index (κ1) is 12.9. The van der Waals surface area contributed by atoms with Gasteiger partial charge in [0.15, 0.2) is 0 Å². The van der Waals surface area contributed by atoms with Crippen LogP contribution in [-0.4, -0.2) is 15.1 Å². The zero-order valence-corrected chi connectivity index (χ0v) is 11.8. The molecule has 1 aliphatic rings. The van der Waals surface area contributed by atoms with Crippen LogP contribution in [0.3, 0.4) is 0 Å². The normalized spacial score (nSPS) is 17.0. The van der Waals surface area contributed by atoms with Crippen LogP contribution in [0.15, 0.2) is 24.3 Å². The molecule has 3 rings (SSSR count). The second-order valence-corrected chi connectivity index (χ2v) is 5.23. The molecule has 1 atom stereocenters. The van der Waals surface area contributed by atoms with E-state index in [-0.39, 0.29) is 6.04 Å². The van der Waals surface area contributed by atoms with E-state index >= 15 is 0 Å². The lowest BCUT2D eigenvalue weighted by atomic mass is 10.1. The van der Waals surface area contributed by atoms with E-state index in [0.717, 1.165) is 42.2 Å². The van der Waals surface area contributed by atoms with Crippen LogP contribution in [0.4, 0.5) is 5.82 Å². The summed E-state index contributed by atoms with van der Waals surface area (Å²) in [7, 11) is 0. The molecule has 1 aromatic carbocycles. The van der Waals surface area contributed by atoms with Crippen LogP contribution in [0, 0.1) is 6.92 Å². The van der Waals surface area contributed by atoms with Crippen LogP contribution in [0.5, 0.6) is 5.75 Å². The molecule has 0 amide bonds. The Bertz CT molecular complexity index is 640. The third-order valence-electron chi connectivity index (χ3n) is 3.82. The van der Waals surface area contributed by atoms with Gasteiger partial charge in [-0.1, -0.05) is 19.1 Å². The first-order valence-corrected chi connectivity index (χ1v) is 7.09. The van der Waals surface area contributed by atoms with Crippen LogP contribution >= 0.6 is 0 Å². The molecular weight excluding hydrogens is 250 g/mol. The molecule has 2 N–H and O–H groups in total. The Morgan fingerprint density at radius 1 is 1.35 bits per heavy atom. The Morgan fingerprint density at radius 2 is 2.20 bits per heavy atom. The first-order chi connectivity index (χ1) is 9.67. The highest BCUT2D eigenvalue weighted by Crippen LogP contribution is 2.37. The zero-order valence-electron chi connectivity index (χ0n) is 11.8. The number of anilines is 1. The summed E-state index contributed by atoms with van der Waals surface area (Å²) in [5, 5.41) is 13.4. The minimum absolute atomic E-state index is 0.219. The average Bonchev–Trinajstić information content (AvgIpc) is 2.83. The van der Waals surface area contributed by atoms with E-state index in [1.54, 1.807) is 6.07 Å². The van der Waals surface area contributed by atoms with Crippen molar-refractivity contribution in [3.8, 4) is 5.75 Å². The maximum Gasteiger partial charge on any atom is 0.130 e. The van der Waals surface area contributed by atoms with Gasteiger partial charge in [-0.2, -0.15) is 0 Å². The third kappa shape index (κ3) is 2.33. The molecule has 4 nitrogen and oxygen atoms in total. The summed E-state index contributed by atoms with van der Waals surface area (Å²) in [4.78, 5) is 8.85. The number of aryl methyl sites for hydroxylation is 2. The van der Waals surface area contributed by atoms with Crippen LogP contribution in [0.25, 0.3) is 0 Å². The molecule has 0 fully saturated rings. The Kier molecular flexibility index (Phi) is 3.30. The predicted molar refractivity (Wildman–Crippen MR) is 78.9 cm³/mol. The largest absolute Gasteiger partial charge is 0.508 e. The fourth-order valence-corrected chi connectivity index (χ4v) is 2.85. The molecule has 1 unspecified atom stereocenters. The maximum atomic E-state index is 9.89. The van der Waals surface area contributed by atoms with Crippen molar-refractivity contribution in [3.63, 3.8) is 0 Å². The molecule has 4 heteroatoms. The summed E-state index contributed by atoms with van der Waals surface area (Å²) in [5.74, 6) is 2.07. The molecule has 1 heterocycles. The number of hydrogen-bond donors (Lipinski definition) is 2. The number of fused-ring (bicyclic) bond motifs is 1. The molecule has 0 aliphatic heterocycles. The summed E-state index contributed by atoms with van der Waals surface area (Å²) in [6, 6.07) is 7.96. The summed E-state index contributed by atoms with van der Waals surface area (Å²) >= 11 is 0. The molecule has 1 aliphatic carbocycles. The number of aromatic nitrogens is 2. The molecule has 1 aromatic heterocycles. The predicted octanol–water partition coefficient (Wildman–Crippen LogP) is 3.15. The molecule has 0 saturated heterocycles. The van der Waals surface area contributed by atoms with Crippen molar-refractivity contribution in [2.45, 2.75) is 39.2 Å². The van der Waals surface area contributed by atoms with Gasteiger partial charge in [-0.25, -0.2) is 9.97 Å². The van der Waals surface area contributed by atoms with Crippen molar-refractivity contribution in [2.75, 3.05) is 5.32 Å². The van der Waals surface area contributed by atoms with Crippen LogP contribution in [0.2, 0.25) is 0 Å². The fourth-order valence-electron chi connectivity index (χ4n) is 2.85. The second-order valence-electron chi connectivity index (χ2n) is 5.23. The SMILES string of the molecule is CCc1cc(NC2CCc3c(O)cccc32)nc(C)n1. The summed E-state index contributed by atoms with van der Waals surface area (Å²) < 4.78 is 0. The molecule has 2 aromatic rings. The van der Waals surface area contributed by atoms with Crippen molar-refractivity contribution in [1.82, 2.24) is 9.97 Å². The van der Waals surface area contributed by atoms with E-state index in [9.17, 15) is 5.11 Å². The first-order valence-electron chi connectivity index (χ1n) is 7.09. The lowest BCUT2D eigenvalue weighted by Gasteiger charge is -2.15. The smallest absolute Gasteiger partial charge is 0.130 e. The highest BCUT2D eigenvalue weighted by atomic mass is 16.3. The van der Waals surface area contributed by atoms with Crippen molar-refractivity contribution in [3.05, 3.63) is 46.9 Å². The van der Waals surface area contributed by atoms with Crippen LogP contribution in [0.1, 0.15) is 42.0 Å². The standard InChI is InChI=1S/C16H19N3O/c1-3-11-9-16(18-10(2)17-11)19-14-8-7-13-12(14)5-4-6-15(13)20/h4-6,9,14,20H,3,7-8H2,1-2H3,(H,17,18,19). The van der Waals surface area contributed by atoms with E-state index in [1.165, 1.54) is 5.56 Å². The van der Waals surface area contributed by atoms with Crippen LogP contribution < -0.4 is 5.32 Å². The van der Waals surface area contributed by atoms with Gasteiger partial charge in [0.1, 0.15) is 17.4 Å². The van der Waals surface area contributed by atoms with Crippen molar-refractivity contribution in [1.29, 1.82) is 0 Å². The summed E-state index contributed by atoms with van der Waals surface area (Å²) in [5.41, 5.74) is 3.29. The van der Waals surface area contributed by atoms with Crippen molar-refractivity contribution >= 4 is 5.82 Å². The highest BCUT2D eigenvalue weighted by molar-refractivity contribution is 5.49. The second kappa shape index (κ2) is 5.12. The summed E-state index contributed by atoms with van der Waals surface area (Å²) in [6.45, 7) is 4.01. The van der Waals surface area contributed by atoms with Gasteiger partial charge in [-0.05, 0) is 43.4 Å². The number of nitrogens with one attached hydrogen (secondary N) is 1. The van der Waals surface area contributed by atoms with Crippen LogP contribution in [-0.2, 0) is 12.8 Å².